The van der Waals surface area contributed by atoms with E-state index < -0.39 is 0 Å². The standard InChI is InChI=1S/C16H27N3O2S/c1-17-16(19-9-5-15-4-2-13-22-15)18-8-3-10-21-14-6-11-20-12-7-14/h2,4,13-14H,3,5-12H2,1H3,(H2,17,18,19). The first-order valence-electron chi connectivity index (χ1n) is 8.04. The molecule has 1 aromatic heterocycles. The fraction of sp³-hybridized carbons (Fsp3) is 0.688. The minimum atomic E-state index is 0.386. The average molecular weight is 325 g/mol. The summed E-state index contributed by atoms with van der Waals surface area (Å²) in [6.07, 6.45) is 4.46. The molecule has 0 saturated carbocycles. The maximum Gasteiger partial charge on any atom is 0.190 e. The molecule has 2 rings (SSSR count). The van der Waals surface area contributed by atoms with Crippen LogP contribution in [0.15, 0.2) is 22.5 Å². The molecule has 0 radical (unpaired) electrons. The fourth-order valence-electron chi connectivity index (χ4n) is 2.35. The molecule has 0 aromatic carbocycles. The third kappa shape index (κ3) is 6.77. The Morgan fingerprint density at radius 1 is 1.36 bits per heavy atom. The number of ether oxygens (including phenoxy) is 2. The molecule has 6 heteroatoms. The highest BCUT2D eigenvalue weighted by Crippen LogP contribution is 2.10. The topological polar surface area (TPSA) is 54.9 Å². The molecular formula is C16H27N3O2S. The van der Waals surface area contributed by atoms with Gasteiger partial charge in [-0.3, -0.25) is 4.99 Å². The van der Waals surface area contributed by atoms with Crippen molar-refractivity contribution in [2.24, 2.45) is 4.99 Å². The van der Waals surface area contributed by atoms with Crippen LogP contribution in [0, 0.1) is 0 Å². The summed E-state index contributed by atoms with van der Waals surface area (Å²) in [4.78, 5) is 5.63. The Morgan fingerprint density at radius 3 is 2.91 bits per heavy atom. The molecule has 124 valence electrons. The lowest BCUT2D eigenvalue weighted by molar-refractivity contribution is -0.0320. The van der Waals surface area contributed by atoms with Crippen molar-refractivity contribution in [1.29, 1.82) is 0 Å². The molecular weight excluding hydrogens is 298 g/mol. The van der Waals surface area contributed by atoms with Crippen molar-refractivity contribution in [2.45, 2.75) is 31.8 Å². The van der Waals surface area contributed by atoms with E-state index >= 15 is 0 Å². The van der Waals surface area contributed by atoms with Gasteiger partial charge in [0.2, 0.25) is 0 Å². The normalized spacial score (nSPS) is 16.7. The number of aliphatic imine (C=N–C) groups is 1. The van der Waals surface area contributed by atoms with Crippen LogP contribution in [0.2, 0.25) is 0 Å². The molecule has 22 heavy (non-hydrogen) atoms. The second-order valence-electron chi connectivity index (χ2n) is 5.29. The first-order valence-corrected chi connectivity index (χ1v) is 8.92. The summed E-state index contributed by atoms with van der Waals surface area (Å²) in [6, 6.07) is 4.25. The summed E-state index contributed by atoms with van der Waals surface area (Å²) >= 11 is 1.79. The summed E-state index contributed by atoms with van der Waals surface area (Å²) < 4.78 is 11.2. The third-order valence-corrected chi connectivity index (χ3v) is 4.54. The van der Waals surface area contributed by atoms with Crippen LogP contribution in [0.1, 0.15) is 24.1 Å². The lowest BCUT2D eigenvalue weighted by Crippen LogP contribution is -2.39. The molecule has 0 aliphatic carbocycles. The van der Waals surface area contributed by atoms with Crippen LogP contribution >= 0.6 is 11.3 Å². The second-order valence-corrected chi connectivity index (χ2v) is 6.32. The Morgan fingerprint density at radius 2 is 2.18 bits per heavy atom. The quantitative estimate of drug-likeness (QED) is 0.436. The molecule has 1 aliphatic rings. The number of guanidine groups is 1. The van der Waals surface area contributed by atoms with E-state index in [1.54, 1.807) is 18.4 Å². The highest BCUT2D eigenvalue weighted by atomic mass is 32.1. The van der Waals surface area contributed by atoms with E-state index in [1.807, 2.05) is 0 Å². The van der Waals surface area contributed by atoms with E-state index in [-0.39, 0.29) is 0 Å². The zero-order valence-corrected chi connectivity index (χ0v) is 14.2. The number of nitrogens with one attached hydrogen (secondary N) is 2. The fourth-order valence-corrected chi connectivity index (χ4v) is 3.06. The Balaban J connectivity index is 1.48. The van der Waals surface area contributed by atoms with Crippen LogP contribution in [-0.4, -0.2) is 52.0 Å². The SMILES string of the molecule is CN=C(NCCCOC1CCOCC1)NCCc1cccs1. The van der Waals surface area contributed by atoms with Gasteiger partial charge >= 0.3 is 0 Å². The smallest absolute Gasteiger partial charge is 0.190 e. The van der Waals surface area contributed by atoms with Crippen molar-refractivity contribution < 1.29 is 9.47 Å². The van der Waals surface area contributed by atoms with Gasteiger partial charge in [0.05, 0.1) is 6.10 Å². The Labute approximate surface area is 137 Å². The van der Waals surface area contributed by atoms with Gasteiger partial charge in [0, 0.05) is 44.8 Å². The van der Waals surface area contributed by atoms with Crippen molar-refractivity contribution >= 4 is 17.3 Å². The summed E-state index contributed by atoms with van der Waals surface area (Å²) in [5.74, 6) is 0.864. The van der Waals surface area contributed by atoms with E-state index in [2.05, 4.69) is 33.1 Å². The van der Waals surface area contributed by atoms with Crippen LogP contribution < -0.4 is 10.6 Å². The highest BCUT2D eigenvalue weighted by molar-refractivity contribution is 7.09. The lowest BCUT2D eigenvalue weighted by atomic mass is 10.1. The van der Waals surface area contributed by atoms with E-state index in [9.17, 15) is 0 Å². The van der Waals surface area contributed by atoms with Gasteiger partial charge < -0.3 is 20.1 Å². The number of thiophene rings is 1. The van der Waals surface area contributed by atoms with Crippen LogP contribution in [0.3, 0.4) is 0 Å². The van der Waals surface area contributed by atoms with Crippen LogP contribution in [0.4, 0.5) is 0 Å². The highest BCUT2D eigenvalue weighted by Gasteiger charge is 2.13. The summed E-state index contributed by atoms with van der Waals surface area (Å²) in [7, 11) is 1.80. The predicted molar refractivity (Wildman–Crippen MR) is 91.8 cm³/mol. The van der Waals surface area contributed by atoms with Gasteiger partial charge in [-0.2, -0.15) is 0 Å². The number of hydrogen-bond acceptors (Lipinski definition) is 4. The Hall–Kier alpha value is -1.11. The van der Waals surface area contributed by atoms with Crippen molar-refractivity contribution in [3.8, 4) is 0 Å². The van der Waals surface area contributed by atoms with Gasteiger partial charge in [0.15, 0.2) is 5.96 Å². The molecule has 0 unspecified atom stereocenters. The third-order valence-electron chi connectivity index (χ3n) is 3.60. The Bertz CT molecular complexity index is 417. The number of nitrogens with zero attached hydrogens (tertiary/aromatic N) is 1. The maximum atomic E-state index is 5.85. The molecule has 5 nitrogen and oxygen atoms in total. The largest absolute Gasteiger partial charge is 0.381 e. The molecule has 1 saturated heterocycles. The summed E-state index contributed by atoms with van der Waals surface area (Å²) in [5, 5.41) is 8.77. The molecule has 0 bridgehead atoms. The molecule has 2 N–H and O–H groups in total. The zero-order valence-electron chi connectivity index (χ0n) is 13.3. The first kappa shape index (κ1) is 17.2. The van der Waals surface area contributed by atoms with Gasteiger partial charge in [-0.25, -0.2) is 0 Å². The number of rotatable bonds is 8. The van der Waals surface area contributed by atoms with Crippen molar-refractivity contribution in [3.05, 3.63) is 22.4 Å². The maximum absolute atomic E-state index is 5.85. The van der Waals surface area contributed by atoms with Crippen molar-refractivity contribution in [1.82, 2.24) is 10.6 Å². The number of hydrogen-bond donors (Lipinski definition) is 2. The molecule has 1 aromatic rings. The minimum absolute atomic E-state index is 0.386. The predicted octanol–water partition coefficient (Wildman–Crippen LogP) is 2.04. The summed E-state index contributed by atoms with van der Waals surface area (Å²) in [5.41, 5.74) is 0. The van der Waals surface area contributed by atoms with E-state index in [0.717, 1.165) is 64.6 Å². The van der Waals surface area contributed by atoms with E-state index in [4.69, 9.17) is 9.47 Å². The summed E-state index contributed by atoms with van der Waals surface area (Å²) in [6.45, 7) is 4.25. The molecule has 0 spiro atoms. The molecule has 1 aliphatic heterocycles. The van der Waals surface area contributed by atoms with Crippen LogP contribution in [0.25, 0.3) is 0 Å². The molecule has 0 atom stereocenters. The van der Waals surface area contributed by atoms with Gasteiger partial charge in [-0.15, -0.1) is 11.3 Å². The second kappa shape index (κ2) is 10.6. The van der Waals surface area contributed by atoms with Gasteiger partial charge in [-0.1, -0.05) is 6.07 Å². The Kier molecular flexibility index (Phi) is 8.30. The van der Waals surface area contributed by atoms with E-state index in [0.29, 0.717) is 6.10 Å². The average Bonchev–Trinajstić information content (AvgIpc) is 3.07. The monoisotopic (exact) mass is 325 g/mol. The lowest BCUT2D eigenvalue weighted by Gasteiger charge is -2.22. The van der Waals surface area contributed by atoms with Crippen LogP contribution in [-0.2, 0) is 15.9 Å². The molecule has 0 amide bonds. The van der Waals surface area contributed by atoms with Gasteiger partial charge in [0.25, 0.3) is 0 Å². The minimum Gasteiger partial charge on any atom is -0.381 e. The van der Waals surface area contributed by atoms with Crippen LogP contribution in [0.5, 0.6) is 0 Å². The zero-order chi connectivity index (χ0) is 15.5. The van der Waals surface area contributed by atoms with Crippen molar-refractivity contribution in [3.63, 3.8) is 0 Å². The van der Waals surface area contributed by atoms with E-state index in [1.165, 1.54) is 4.88 Å². The van der Waals surface area contributed by atoms with Gasteiger partial charge in [0.1, 0.15) is 0 Å². The molecule has 1 fully saturated rings. The molecule has 2 heterocycles. The van der Waals surface area contributed by atoms with Gasteiger partial charge in [-0.05, 0) is 37.1 Å². The van der Waals surface area contributed by atoms with Crippen molar-refractivity contribution in [2.75, 3.05) is 40.0 Å². The first-order chi connectivity index (χ1) is 10.9.